The van der Waals surface area contributed by atoms with Gasteiger partial charge < -0.3 is 10.1 Å². The van der Waals surface area contributed by atoms with Gasteiger partial charge in [0.25, 0.3) is 5.91 Å². The van der Waals surface area contributed by atoms with Gasteiger partial charge in [-0.25, -0.2) is 4.39 Å². The molecule has 2 rings (SSSR count). The number of rotatable bonds is 4. The number of benzene rings is 1. The summed E-state index contributed by atoms with van der Waals surface area (Å²) in [5.41, 5.74) is 0.196. The maximum atomic E-state index is 13.8. The minimum atomic E-state index is -0.819. The van der Waals surface area contributed by atoms with Crippen LogP contribution in [-0.4, -0.2) is 32.1 Å². The topological polar surface area (TPSA) is 62.7 Å². The van der Waals surface area contributed by atoms with Gasteiger partial charge in [0.15, 0.2) is 5.96 Å². The van der Waals surface area contributed by atoms with E-state index in [-0.39, 0.29) is 16.5 Å². The Morgan fingerprint density at radius 1 is 1.53 bits per heavy atom. The van der Waals surface area contributed by atoms with Crippen molar-refractivity contribution in [3.63, 3.8) is 0 Å². The van der Waals surface area contributed by atoms with Gasteiger partial charge in [-0.3, -0.25) is 15.1 Å². The molecule has 102 valence electrons. The highest BCUT2D eigenvalue weighted by molar-refractivity contribution is 6.30. The summed E-state index contributed by atoms with van der Waals surface area (Å²) in [7, 11) is 1.56. The molecule has 1 aliphatic rings. The third-order valence-corrected chi connectivity index (χ3v) is 2.93. The molecule has 5 nitrogen and oxygen atoms in total. The molecule has 0 spiro atoms. The summed E-state index contributed by atoms with van der Waals surface area (Å²) in [5, 5.41) is 5.34. The van der Waals surface area contributed by atoms with E-state index in [1.807, 2.05) is 0 Å². The van der Waals surface area contributed by atoms with E-state index < -0.39 is 11.9 Å². The highest BCUT2D eigenvalue weighted by Crippen LogP contribution is 2.25. The minimum absolute atomic E-state index is 0.0168. The van der Waals surface area contributed by atoms with Crippen LogP contribution in [0.4, 0.5) is 4.39 Å². The van der Waals surface area contributed by atoms with Crippen LogP contribution >= 0.6 is 11.6 Å². The molecule has 7 heteroatoms. The molecule has 1 aliphatic heterocycles. The van der Waals surface area contributed by atoms with Crippen molar-refractivity contribution in [3.8, 4) is 0 Å². The van der Waals surface area contributed by atoms with E-state index in [1.165, 1.54) is 12.1 Å². The van der Waals surface area contributed by atoms with Crippen LogP contribution in [0.25, 0.3) is 0 Å². The van der Waals surface area contributed by atoms with E-state index in [2.05, 4.69) is 15.6 Å². The Balaban J connectivity index is 2.16. The normalized spacial score (nSPS) is 20.5. The molecule has 2 N–H and O–H groups in total. The van der Waals surface area contributed by atoms with Crippen molar-refractivity contribution in [1.82, 2.24) is 10.6 Å². The Hall–Kier alpha value is -1.66. The van der Waals surface area contributed by atoms with Crippen molar-refractivity contribution >= 4 is 23.5 Å². The van der Waals surface area contributed by atoms with Gasteiger partial charge in [-0.15, -0.1) is 0 Å². The maximum absolute atomic E-state index is 13.8. The first-order valence-electron chi connectivity index (χ1n) is 5.68. The number of carbonyl (C=O) groups is 1. The fraction of sp³-hybridized carbons (Fsp3) is 0.333. The first-order valence-corrected chi connectivity index (χ1v) is 6.06. The molecule has 0 radical (unpaired) electrons. The van der Waals surface area contributed by atoms with Gasteiger partial charge in [-0.2, -0.15) is 0 Å². The number of aliphatic imine (C=N–C) groups is 1. The van der Waals surface area contributed by atoms with E-state index in [0.717, 1.165) is 0 Å². The number of methoxy groups -OCH3 is 1. The second-order valence-electron chi connectivity index (χ2n) is 3.93. The Morgan fingerprint density at radius 2 is 2.32 bits per heavy atom. The predicted molar refractivity (Wildman–Crippen MR) is 69.6 cm³/mol. The number of hydrogen-bond donors (Lipinski definition) is 2. The Kier molecular flexibility index (Phi) is 4.34. The number of halogens is 2. The molecule has 0 aliphatic carbocycles. The van der Waals surface area contributed by atoms with Crippen LogP contribution in [0.3, 0.4) is 0 Å². The number of nitrogens with zero attached hydrogens (tertiary/aromatic N) is 1. The second kappa shape index (κ2) is 5.99. The van der Waals surface area contributed by atoms with E-state index >= 15 is 0 Å². The molecular weight excluding hydrogens is 273 g/mol. The molecule has 1 atom stereocenters. The number of hydrogen-bond acceptors (Lipinski definition) is 3. The Morgan fingerprint density at radius 3 is 3.05 bits per heavy atom. The van der Waals surface area contributed by atoms with Crippen LogP contribution in [0, 0.1) is 5.82 Å². The van der Waals surface area contributed by atoms with E-state index in [4.69, 9.17) is 16.3 Å². The second-order valence-corrected chi connectivity index (χ2v) is 4.34. The molecule has 1 aromatic rings. The van der Waals surface area contributed by atoms with Crippen molar-refractivity contribution in [2.24, 2.45) is 4.99 Å². The lowest BCUT2D eigenvalue weighted by Gasteiger charge is -2.09. The lowest BCUT2D eigenvalue weighted by Crippen LogP contribution is -2.26. The van der Waals surface area contributed by atoms with Gasteiger partial charge in [-0.05, 0) is 6.07 Å². The van der Waals surface area contributed by atoms with E-state index in [0.29, 0.717) is 19.1 Å². The molecule has 1 unspecified atom stereocenters. The number of nitrogens with one attached hydrogen (secondary N) is 2. The monoisotopic (exact) mass is 285 g/mol. The fourth-order valence-corrected chi connectivity index (χ4v) is 1.91. The van der Waals surface area contributed by atoms with Crippen molar-refractivity contribution < 1.29 is 13.9 Å². The van der Waals surface area contributed by atoms with Gasteiger partial charge in [-0.1, -0.05) is 23.7 Å². The highest BCUT2D eigenvalue weighted by Gasteiger charge is 2.32. The molecule has 1 fully saturated rings. The van der Waals surface area contributed by atoms with Gasteiger partial charge in [0.05, 0.1) is 18.2 Å². The average molecular weight is 286 g/mol. The summed E-state index contributed by atoms with van der Waals surface area (Å²) < 4.78 is 18.7. The third-order valence-electron chi connectivity index (χ3n) is 2.64. The molecule has 19 heavy (non-hydrogen) atoms. The van der Waals surface area contributed by atoms with Gasteiger partial charge in [0.2, 0.25) is 0 Å². The molecule has 0 aromatic heterocycles. The SMILES string of the molecule is COCCN=C1NC(=O)C(c2cccc(Cl)c2F)N1. The van der Waals surface area contributed by atoms with Crippen molar-refractivity contribution in [2.45, 2.75) is 6.04 Å². The van der Waals surface area contributed by atoms with Crippen LogP contribution in [0.2, 0.25) is 5.02 Å². The van der Waals surface area contributed by atoms with Crippen LogP contribution in [0.1, 0.15) is 11.6 Å². The summed E-state index contributed by atoms with van der Waals surface area (Å²) >= 11 is 5.70. The molecule has 1 amide bonds. The van der Waals surface area contributed by atoms with Crippen molar-refractivity contribution in [2.75, 3.05) is 20.3 Å². The number of guanidine groups is 1. The average Bonchev–Trinajstić information content (AvgIpc) is 2.74. The molecule has 1 aromatic carbocycles. The summed E-state index contributed by atoms with van der Waals surface area (Å²) in [6.07, 6.45) is 0. The minimum Gasteiger partial charge on any atom is -0.383 e. The van der Waals surface area contributed by atoms with Gasteiger partial charge in [0.1, 0.15) is 11.9 Å². The third kappa shape index (κ3) is 3.02. The smallest absolute Gasteiger partial charge is 0.254 e. The zero-order valence-electron chi connectivity index (χ0n) is 10.2. The summed E-state index contributed by atoms with van der Waals surface area (Å²) in [6, 6.07) is 3.72. The Bertz CT molecular complexity index is 522. The first-order chi connectivity index (χ1) is 9.13. The maximum Gasteiger partial charge on any atom is 0.254 e. The molecule has 0 bridgehead atoms. The molecule has 1 saturated heterocycles. The lowest BCUT2D eigenvalue weighted by molar-refractivity contribution is -0.120. The van der Waals surface area contributed by atoms with Crippen LogP contribution in [0.5, 0.6) is 0 Å². The molecule has 0 saturated carbocycles. The van der Waals surface area contributed by atoms with Crippen LogP contribution in [-0.2, 0) is 9.53 Å². The summed E-state index contributed by atoms with van der Waals surface area (Å²) in [5.74, 6) is -0.654. The zero-order chi connectivity index (χ0) is 13.8. The fourth-order valence-electron chi connectivity index (χ4n) is 1.72. The quantitative estimate of drug-likeness (QED) is 0.818. The molecular formula is C12H13ClFN3O2. The van der Waals surface area contributed by atoms with E-state index in [9.17, 15) is 9.18 Å². The molecule has 1 heterocycles. The number of ether oxygens (including phenoxy) is 1. The standard InChI is InChI=1S/C12H13ClFN3O2/c1-19-6-5-15-12-16-10(11(18)17-12)7-3-2-4-8(13)9(7)14/h2-4,10H,5-6H2,1H3,(H2,15,16,17,18). The van der Waals surface area contributed by atoms with Crippen LogP contribution < -0.4 is 10.6 Å². The van der Waals surface area contributed by atoms with Crippen LogP contribution in [0.15, 0.2) is 23.2 Å². The largest absolute Gasteiger partial charge is 0.383 e. The van der Waals surface area contributed by atoms with Gasteiger partial charge >= 0.3 is 0 Å². The first kappa shape index (κ1) is 13.8. The van der Waals surface area contributed by atoms with E-state index in [1.54, 1.807) is 13.2 Å². The summed E-state index contributed by atoms with van der Waals surface area (Å²) in [6.45, 7) is 0.848. The number of carbonyl (C=O) groups excluding carboxylic acids is 1. The summed E-state index contributed by atoms with van der Waals surface area (Å²) in [4.78, 5) is 15.9. The predicted octanol–water partition coefficient (Wildman–Crippen LogP) is 1.24. The zero-order valence-corrected chi connectivity index (χ0v) is 11.0. The number of amides is 1. The highest BCUT2D eigenvalue weighted by atomic mass is 35.5. The van der Waals surface area contributed by atoms with Gasteiger partial charge in [0, 0.05) is 12.7 Å². The van der Waals surface area contributed by atoms with Crippen molar-refractivity contribution in [1.29, 1.82) is 0 Å². The van der Waals surface area contributed by atoms with Crippen molar-refractivity contribution in [3.05, 3.63) is 34.6 Å². The lowest BCUT2D eigenvalue weighted by atomic mass is 10.1. The Labute approximate surface area is 114 Å².